The number of nitrogens with zero attached hydrogens (tertiary/aromatic N) is 4. The van der Waals surface area contributed by atoms with Crippen LogP contribution in [0.3, 0.4) is 0 Å². The van der Waals surface area contributed by atoms with Crippen molar-refractivity contribution in [1.82, 2.24) is 25.2 Å². The number of hydrogen-bond donors (Lipinski definition) is 2. The van der Waals surface area contributed by atoms with Gasteiger partial charge < -0.3 is 15.1 Å². The molecule has 148 valence electrons. The van der Waals surface area contributed by atoms with Gasteiger partial charge in [0.1, 0.15) is 12.3 Å². The summed E-state index contributed by atoms with van der Waals surface area (Å²) in [4.78, 5) is 4.74. The number of rotatable bonds is 7. The lowest BCUT2D eigenvalue weighted by atomic mass is 10.1. The number of aromatic nitrogens is 3. The molecule has 7 nitrogen and oxygen atoms in total. The normalized spacial score (nSPS) is 12.8. The van der Waals surface area contributed by atoms with E-state index < -0.39 is 0 Å². The van der Waals surface area contributed by atoms with Crippen molar-refractivity contribution in [1.29, 1.82) is 0 Å². The quantitative estimate of drug-likeness (QED) is 0.375. The zero-order valence-corrected chi connectivity index (χ0v) is 16.3. The molecule has 7 heteroatoms. The van der Waals surface area contributed by atoms with Gasteiger partial charge in [0.2, 0.25) is 0 Å². The number of guanidine groups is 1. The third-order valence-electron chi connectivity index (χ3n) is 4.66. The molecule has 2 N–H and O–H groups in total. The second kappa shape index (κ2) is 9.05. The molecule has 0 aliphatic heterocycles. The highest BCUT2D eigenvalue weighted by atomic mass is 16.3. The molecule has 0 saturated carbocycles. The fourth-order valence-electron chi connectivity index (χ4n) is 3.09. The molecule has 0 radical (unpaired) electrons. The molecule has 4 rings (SSSR count). The highest BCUT2D eigenvalue weighted by Gasteiger charge is 2.09. The Bertz CT molecular complexity index is 1060. The Labute approximate surface area is 169 Å². The van der Waals surface area contributed by atoms with E-state index in [9.17, 15) is 0 Å². The van der Waals surface area contributed by atoms with Gasteiger partial charge in [-0.05, 0) is 36.8 Å². The lowest BCUT2D eigenvalue weighted by Gasteiger charge is -2.18. The molecule has 1 atom stereocenters. The Hall–Kier alpha value is -3.61. The number of nitrogens with one attached hydrogen (secondary N) is 2. The molecule has 3 heterocycles. The molecular weight excluding hydrogens is 364 g/mol. The molecule has 0 aliphatic carbocycles. The van der Waals surface area contributed by atoms with Crippen LogP contribution in [-0.2, 0) is 13.0 Å². The molecule has 0 bridgehead atoms. The monoisotopic (exact) mass is 388 g/mol. The summed E-state index contributed by atoms with van der Waals surface area (Å²) < 4.78 is 7.36. The highest BCUT2D eigenvalue weighted by molar-refractivity contribution is 5.80. The number of benzene rings is 1. The van der Waals surface area contributed by atoms with Crippen LogP contribution in [0.5, 0.6) is 0 Å². The molecular formula is C22H24N6O. The summed E-state index contributed by atoms with van der Waals surface area (Å²) >= 11 is 0. The van der Waals surface area contributed by atoms with Gasteiger partial charge in [0.25, 0.3) is 0 Å². The molecule has 0 amide bonds. The fourth-order valence-corrected chi connectivity index (χ4v) is 3.09. The Balaban J connectivity index is 1.47. The molecule has 1 aromatic carbocycles. The van der Waals surface area contributed by atoms with Crippen LogP contribution in [0.1, 0.15) is 30.1 Å². The molecule has 0 saturated heterocycles. The maximum absolute atomic E-state index is 5.41. The van der Waals surface area contributed by atoms with Gasteiger partial charge in [0.05, 0.1) is 12.3 Å². The van der Waals surface area contributed by atoms with Crippen molar-refractivity contribution in [2.24, 2.45) is 4.99 Å². The second-order valence-corrected chi connectivity index (χ2v) is 6.74. The van der Waals surface area contributed by atoms with E-state index in [0.29, 0.717) is 13.1 Å². The SMILES string of the molecule is CC(NC(=NCc1nnc2ccccn12)NCCc1ccco1)c1ccccc1. The fraction of sp³-hybridized carbons (Fsp3) is 0.227. The zero-order chi connectivity index (χ0) is 19.9. The highest BCUT2D eigenvalue weighted by Crippen LogP contribution is 2.11. The van der Waals surface area contributed by atoms with Crippen LogP contribution >= 0.6 is 0 Å². The number of pyridine rings is 1. The van der Waals surface area contributed by atoms with E-state index in [1.165, 1.54) is 5.56 Å². The average molecular weight is 388 g/mol. The van der Waals surface area contributed by atoms with E-state index in [4.69, 9.17) is 9.41 Å². The van der Waals surface area contributed by atoms with Crippen molar-refractivity contribution in [3.63, 3.8) is 0 Å². The standard InChI is InChI=1S/C22H24N6O/c1-17(18-8-3-2-4-9-18)25-22(23-13-12-19-10-7-15-29-19)24-16-21-27-26-20-11-5-6-14-28(20)21/h2-11,14-15,17H,12-13,16H2,1H3,(H2,23,24,25). The Morgan fingerprint density at radius 1 is 1.07 bits per heavy atom. The first-order valence-electron chi connectivity index (χ1n) is 9.70. The van der Waals surface area contributed by atoms with E-state index in [-0.39, 0.29) is 6.04 Å². The van der Waals surface area contributed by atoms with Crippen molar-refractivity contribution in [2.45, 2.75) is 25.9 Å². The molecule has 4 aromatic rings. The molecule has 1 unspecified atom stereocenters. The minimum absolute atomic E-state index is 0.112. The van der Waals surface area contributed by atoms with Gasteiger partial charge in [-0.2, -0.15) is 0 Å². The lowest BCUT2D eigenvalue weighted by molar-refractivity contribution is 0.506. The molecule has 3 aromatic heterocycles. The summed E-state index contributed by atoms with van der Waals surface area (Å²) in [6, 6.07) is 20.1. The third-order valence-corrected chi connectivity index (χ3v) is 4.66. The van der Waals surface area contributed by atoms with Gasteiger partial charge in [-0.1, -0.05) is 36.4 Å². The first-order valence-corrected chi connectivity index (χ1v) is 9.70. The van der Waals surface area contributed by atoms with Crippen LogP contribution in [-0.4, -0.2) is 27.1 Å². The third kappa shape index (κ3) is 4.82. The maximum Gasteiger partial charge on any atom is 0.192 e. The molecule has 29 heavy (non-hydrogen) atoms. The number of furan rings is 1. The van der Waals surface area contributed by atoms with Crippen molar-refractivity contribution >= 4 is 11.6 Å². The minimum atomic E-state index is 0.112. The van der Waals surface area contributed by atoms with Gasteiger partial charge >= 0.3 is 0 Å². The van der Waals surface area contributed by atoms with Gasteiger partial charge in [-0.15, -0.1) is 10.2 Å². The molecule has 0 aliphatic rings. The lowest BCUT2D eigenvalue weighted by Crippen LogP contribution is -2.39. The number of hydrogen-bond acceptors (Lipinski definition) is 4. The van der Waals surface area contributed by atoms with Crippen molar-refractivity contribution < 1.29 is 4.42 Å². The summed E-state index contributed by atoms with van der Waals surface area (Å²) in [6.07, 6.45) is 4.42. The second-order valence-electron chi connectivity index (χ2n) is 6.74. The van der Waals surface area contributed by atoms with E-state index in [1.54, 1.807) is 6.26 Å². The van der Waals surface area contributed by atoms with Crippen LogP contribution in [0.15, 0.2) is 82.5 Å². The Kier molecular flexibility index (Phi) is 5.85. The topological polar surface area (TPSA) is 79.8 Å². The smallest absolute Gasteiger partial charge is 0.192 e. The largest absolute Gasteiger partial charge is 0.469 e. The van der Waals surface area contributed by atoms with Gasteiger partial charge in [-0.25, -0.2) is 4.99 Å². The van der Waals surface area contributed by atoms with E-state index in [0.717, 1.165) is 29.6 Å². The van der Waals surface area contributed by atoms with Crippen LogP contribution in [0, 0.1) is 0 Å². The van der Waals surface area contributed by atoms with Crippen molar-refractivity contribution in [3.05, 3.63) is 90.3 Å². The van der Waals surface area contributed by atoms with Gasteiger partial charge in [-0.3, -0.25) is 4.40 Å². The predicted octanol–water partition coefficient (Wildman–Crippen LogP) is 3.36. The Morgan fingerprint density at radius 3 is 2.76 bits per heavy atom. The maximum atomic E-state index is 5.41. The van der Waals surface area contributed by atoms with E-state index in [1.807, 2.05) is 59.1 Å². The van der Waals surface area contributed by atoms with Crippen molar-refractivity contribution in [3.8, 4) is 0 Å². The Morgan fingerprint density at radius 2 is 1.93 bits per heavy atom. The van der Waals surface area contributed by atoms with Crippen LogP contribution < -0.4 is 10.6 Å². The van der Waals surface area contributed by atoms with Crippen molar-refractivity contribution in [2.75, 3.05) is 6.54 Å². The van der Waals surface area contributed by atoms with Gasteiger partial charge in [0.15, 0.2) is 17.4 Å². The first-order chi connectivity index (χ1) is 14.3. The zero-order valence-electron chi connectivity index (χ0n) is 16.3. The summed E-state index contributed by atoms with van der Waals surface area (Å²) in [5.41, 5.74) is 2.01. The summed E-state index contributed by atoms with van der Waals surface area (Å²) in [6.45, 7) is 3.25. The number of aliphatic imine (C=N–C) groups is 1. The van der Waals surface area contributed by atoms with E-state index >= 15 is 0 Å². The molecule has 0 spiro atoms. The van der Waals surface area contributed by atoms with Gasteiger partial charge in [0, 0.05) is 19.2 Å². The van der Waals surface area contributed by atoms with Crippen LogP contribution in [0.25, 0.3) is 5.65 Å². The summed E-state index contributed by atoms with van der Waals surface area (Å²) in [5, 5.41) is 15.3. The van der Waals surface area contributed by atoms with Crippen LogP contribution in [0.4, 0.5) is 0 Å². The van der Waals surface area contributed by atoms with Crippen LogP contribution in [0.2, 0.25) is 0 Å². The minimum Gasteiger partial charge on any atom is -0.469 e. The summed E-state index contributed by atoms with van der Waals surface area (Å²) in [7, 11) is 0. The molecule has 0 fully saturated rings. The van der Waals surface area contributed by atoms with E-state index in [2.05, 4.69) is 39.9 Å². The number of fused-ring (bicyclic) bond motifs is 1. The average Bonchev–Trinajstić information content (AvgIpc) is 3.42. The predicted molar refractivity (Wildman–Crippen MR) is 113 cm³/mol. The first kappa shape index (κ1) is 18.7. The summed E-state index contributed by atoms with van der Waals surface area (Å²) in [5.74, 6) is 2.46.